The molecule has 0 fully saturated rings. The lowest BCUT2D eigenvalue weighted by Gasteiger charge is -2.37. The first-order chi connectivity index (χ1) is 40.1. The zero-order chi connectivity index (χ0) is 60.9. The first kappa shape index (κ1) is 61.9. The molecule has 85 heavy (non-hydrogen) atoms. The molecule has 10 N–H and O–H groups in total. The quantitative estimate of drug-likeness (QED) is 0.0382. The number of benzene rings is 5. The van der Waals surface area contributed by atoms with E-state index in [9.17, 15) is 34.8 Å². The number of nitrogens with one attached hydrogen (secondary N) is 4. The van der Waals surface area contributed by atoms with Gasteiger partial charge in [-0.1, -0.05) is 81.5 Å². The molecular formula is C62H67Br2N7O10S4. The van der Waals surface area contributed by atoms with Crippen LogP contribution in [-0.2, 0) is 39.6 Å². The fraction of sp³-hybridized carbons (Fsp3) is 0.323. The molecule has 1 amide bonds. The number of carbonyl (C=O) groups is 2. The molecule has 3 aliphatic heterocycles. The summed E-state index contributed by atoms with van der Waals surface area (Å²) in [5, 5.41) is 29.4. The van der Waals surface area contributed by atoms with Gasteiger partial charge in [0.05, 0.1) is 52.9 Å². The Morgan fingerprint density at radius 2 is 0.988 bits per heavy atom. The number of carbonyl (C=O) groups excluding carboxylic acids is 2. The molecule has 5 aromatic carbocycles. The molecule has 4 heterocycles. The summed E-state index contributed by atoms with van der Waals surface area (Å²) in [5.41, 5.74) is 9.65. The Morgan fingerprint density at radius 3 is 1.36 bits per heavy atom. The molecule has 0 saturated heterocycles. The van der Waals surface area contributed by atoms with Crippen LogP contribution in [-0.4, -0.2) is 43.4 Å². The number of rotatable bonds is 10. The van der Waals surface area contributed by atoms with Crippen molar-refractivity contribution in [3.8, 4) is 5.75 Å². The van der Waals surface area contributed by atoms with Crippen LogP contribution >= 0.6 is 43.2 Å². The minimum Gasteiger partial charge on any atom is -0.447 e. The van der Waals surface area contributed by atoms with Crippen LogP contribution in [0.15, 0.2) is 168 Å². The van der Waals surface area contributed by atoms with Crippen molar-refractivity contribution >= 4 is 108 Å². The number of amides is 1. The Balaban J connectivity index is 0.000000143. The van der Waals surface area contributed by atoms with Gasteiger partial charge in [-0.05, 0) is 201 Å². The number of allylic oxidation sites excluding steroid dienone is 6. The van der Waals surface area contributed by atoms with Crippen molar-refractivity contribution in [2.24, 2.45) is 38.6 Å². The van der Waals surface area contributed by atoms with E-state index in [1.54, 1.807) is 61.6 Å². The summed E-state index contributed by atoms with van der Waals surface area (Å²) in [4.78, 5) is 24.3. The normalized spacial score (nSPS) is 23.1. The number of esters is 1. The zero-order valence-electron chi connectivity index (χ0n) is 47.2. The summed E-state index contributed by atoms with van der Waals surface area (Å²) in [6.07, 6.45) is 15.4. The first-order valence-corrected chi connectivity index (χ1v) is 34.7. The van der Waals surface area contributed by atoms with Crippen LogP contribution in [0.1, 0.15) is 130 Å². The van der Waals surface area contributed by atoms with E-state index in [-0.39, 0.29) is 79.9 Å². The van der Waals surface area contributed by atoms with Crippen LogP contribution in [0, 0.1) is 23.2 Å². The van der Waals surface area contributed by atoms with Gasteiger partial charge in [-0.3, -0.25) is 10.1 Å². The number of sulfonamides is 3. The van der Waals surface area contributed by atoms with E-state index >= 15 is 0 Å². The molecule has 0 saturated carbocycles. The van der Waals surface area contributed by atoms with E-state index in [1.807, 2.05) is 75.4 Å². The summed E-state index contributed by atoms with van der Waals surface area (Å²) < 4.78 is 83.2. The Morgan fingerprint density at radius 1 is 0.588 bits per heavy atom. The van der Waals surface area contributed by atoms with Crippen molar-refractivity contribution < 1.29 is 44.3 Å². The lowest BCUT2D eigenvalue weighted by atomic mass is 9.77. The second-order valence-corrected chi connectivity index (χ2v) is 32.0. The van der Waals surface area contributed by atoms with Crippen molar-refractivity contribution in [3.63, 3.8) is 0 Å². The molecule has 6 aromatic rings. The number of hydrogen-bond acceptors (Lipinski definition) is 14. The molecule has 448 valence electrons. The third-order valence-electron chi connectivity index (χ3n) is 16.0. The van der Waals surface area contributed by atoms with Crippen molar-refractivity contribution in [1.82, 2.24) is 0 Å². The first-order valence-electron chi connectivity index (χ1n) is 27.7. The molecule has 0 bridgehead atoms. The summed E-state index contributed by atoms with van der Waals surface area (Å²) >= 11 is 8.87. The lowest BCUT2D eigenvalue weighted by Crippen LogP contribution is -2.29. The lowest BCUT2D eigenvalue weighted by molar-refractivity contribution is -0.136. The van der Waals surface area contributed by atoms with Crippen LogP contribution in [0.5, 0.6) is 5.75 Å². The highest BCUT2D eigenvalue weighted by molar-refractivity contribution is 9.12. The van der Waals surface area contributed by atoms with E-state index in [0.29, 0.717) is 23.8 Å². The largest absolute Gasteiger partial charge is 0.447 e. The van der Waals surface area contributed by atoms with Gasteiger partial charge in [0, 0.05) is 46.1 Å². The van der Waals surface area contributed by atoms with Gasteiger partial charge in [0.25, 0.3) is 0 Å². The zero-order valence-corrected chi connectivity index (χ0v) is 53.6. The average molecular weight is 1360 g/mol. The van der Waals surface area contributed by atoms with Crippen LogP contribution in [0.4, 0.5) is 27.5 Å². The Labute approximate surface area is 517 Å². The van der Waals surface area contributed by atoms with E-state index in [1.165, 1.54) is 17.7 Å². The van der Waals surface area contributed by atoms with Gasteiger partial charge in [-0.15, -0.1) is 11.3 Å². The minimum absolute atomic E-state index is 0.0622. The molecule has 0 radical (unpaired) electrons. The topological polar surface area (TPSA) is 281 Å². The van der Waals surface area contributed by atoms with E-state index in [4.69, 9.17) is 24.9 Å². The van der Waals surface area contributed by atoms with Crippen molar-refractivity contribution in [1.29, 1.82) is 0 Å². The highest BCUT2D eigenvalue weighted by atomic mass is 79.9. The third-order valence-corrected chi connectivity index (χ3v) is 21.1. The fourth-order valence-corrected chi connectivity index (χ4v) is 16.8. The summed E-state index contributed by atoms with van der Waals surface area (Å²) in [5.74, 6) is 1.60. The van der Waals surface area contributed by atoms with Gasteiger partial charge >= 0.3 is 12.1 Å². The monoisotopic (exact) mass is 1360 g/mol. The fourth-order valence-electron chi connectivity index (χ4n) is 12.3. The number of anilines is 4. The molecular weight excluding hydrogens is 1290 g/mol. The molecule has 0 unspecified atom stereocenters. The summed E-state index contributed by atoms with van der Waals surface area (Å²) in [6, 6.07) is 32.8. The number of fused-ring (bicyclic) bond motifs is 9. The summed E-state index contributed by atoms with van der Waals surface area (Å²) in [6.45, 7) is 9.60. The molecule has 6 aliphatic rings. The highest BCUT2D eigenvalue weighted by Gasteiger charge is 2.42. The number of ether oxygens (including phenoxy) is 2. The Bertz CT molecular complexity index is 4000. The number of halogens is 2. The van der Waals surface area contributed by atoms with Crippen molar-refractivity contribution in [2.45, 2.75) is 117 Å². The smallest absolute Gasteiger partial charge is 0.411 e. The number of hydrogen-bond donors (Lipinski definition) is 7. The van der Waals surface area contributed by atoms with Crippen molar-refractivity contribution in [2.75, 3.05) is 21.3 Å². The maximum absolute atomic E-state index is 12.1. The van der Waals surface area contributed by atoms with Gasteiger partial charge in [0.2, 0.25) is 30.1 Å². The molecule has 3 aliphatic carbocycles. The SMILES string of the molecule is CC(C)(C)CC(=O)Oc1ccc([C@H]2Nc3ccc(S(N)(=O)=O)cc3[C@H]3C=CC[C@H]32)cc1.CC(C)OC(=O)Nc1ccc([C@H]2Nc3ccc(S(N)(=O)=O)cc3[C@H]3C=CC[C@H]32)cc1.NS(=O)(=O)c1ccc2c(c1)[C@H]1C=CC[C@H]1[C@@H](c1cc(Br)sc1Br)N2. The predicted octanol–water partition coefficient (Wildman–Crippen LogP) is 13.4. The molecule has 12 rings (SSSR count). The van der Waals surface area contributed by atoms with Crippen LogP contribution in [0.3, 0.4) is 0 Å². The number of primary sulfonamides is 3. The third kappa shape index (κ3) is 14.2. The number of nitrogens with two attached hydrogens (primary N) is 3. The molecule has 9 atom stereocenters. The minimum atomic E-state index is -3.75. The average Bonchev–Trinajstić information content (AvgIpc) is 4.46. The number of thiophene rings is 1. The highest BCUT2D eigenvalue weighted by Crippen LogP contribution is 2.54. The van der Waals surface area contributed by atoms with Crippen LogP contribution in [0.2, 0.25) is 0 Å². The maximum atomic E-state index is 12.1. The molecule has 1 aromatic heterocycles. The van der Waals surface area contributed by atoms with Gasteiger partial charge in [-0.25, -0.2) is 45.5 Å². The second kappa shape index (κ2) is 24.6. The standard InChI is InChI=1S/C24H28N2O4S.C22H25N3O4S.C16H14Br2N2O2S2/c1-24(2,3)14-22(27)30-16-9-7-15(8-10-16)23-19-6-4-5-18(19)20-13-17(31(25,28)29)11-12-21(20)26-23;1-13(2)29-22(26)24-15-8-6-14(7-9-15)21-18-5-3-4-17(18)19-12-16(30(23,27)28)10-11-20(19)25-21;17-14-7-12(16(18)23-14)15-10-3-1-2-9(10)11-6-8(24(19,21)22)4-5-13(11)20-15/h4-5,7-13,18-19,23,26H,6,14H2,1-3H3,(H2,25,28,29);3-4,6-13,17-18,21,25H,5H2,1-2H3,(H,24,26)(H2,23,27,28);1-2,4-7,9-10,15,20H,3H2,(H2,19,21,22)/t18-,19+,23+;17-,18+,21+;9-,10+,15-/m000/s1. The van der Waals surface area contributed by atoms with Gasteiger partial charge in [-0.2, -0.15) is 0 Å². The van der Waals surface area contributed by atoms with Crippen molar-refractivity contribution in [3.05, 3.63) is 187 Å². The Kier molecular flexibility index (Phi) is 17.9. The molecule has 23 heteroatoms. The molecule has 17 nitrogen and oxygen atoms in total. The maximum Gasteiger partial charge on any atom is 0.411 e. The molecule has 0 spiro atoms. The van der Waals surface area contributed by atoms with Gasteiger partial charge < -0.3 is 25.4 Å². The van der Waals surface area contributed by atoms with Gasteiger partial charge in [0.15, 0.2) is 0 Å². The summed E-state index contributed by atoms with van der Waals surface area (Å²) in [7, 11) is -11.2. The van der Waals surface area contributed by atoms with Crippen LogP contribution < -0.4 is 41.4 Å². The van der Waals surface area contributed by atoms with Crippen LogP contribution in [0.25, 0.3) is 0 Å². The predicted molar refractivity (Wildman–Crippen MR) is 340 cm³/mol. The second-order valence-electron chi connectivity index (χ2n) is 23.6. The van der Waals surface area contributed by atoms with E-state index in [2.05, 4.69) is 95.6 Å². The van der Waals surface area contributed by atoms with Gasteiger partial charge in [0.1, 0.15) is 5.75 Å². The van der Waals surface area contributed by atoms with E-state index < -0.39 is 36.2 Å². The van der Waals surface area contributed by atoms with E-state index in [0.717, 1.165) is 71.7 Å². The Hall–Kier alpha value is -6.15.